The summed E-state index contributed by atoms with van der Waals surface area (Å²) in [5, 5.41) is 23.6. The van der Waals surface area contributed by atoms with E-state index in [1.54, 1.807) is 0 Å². The molecule has 0 aliphatic heterocycles. The third kappa shape index (κ3) is 37.3. The Balaban J connectivity index is 4.32. The molecule has 0 fully saturated rings. The number of amides is 1. The predicted molar refractivity (Wildman–Crippen MR) is 227 cm³/mol. The van der Waals surface area contributed by atoms with Crippen molar-refractivity contribution in [2.75, 3.05) is 6.61 Å². The predicted octanol–water partition coefficient (Wildman–Crippen LogP) is 13.4. The molecule has 0 aromatic rings. The minimum atomic E-state index is -0.781. The van der Waals surface area contributed by atoms with Crippen LogP contribution in [-0.4, -0.2) is 46.9 Å². The van der Waals surface area contributed by atoms with Crippen LogP contribution in [0.3, 0.4) is 0 Å². The number of nitrogens with one attached hydrogen (secondary N) is 1. The van der Waals surface area contributed by atoms with Crippen LogP contribution in [0.5, 0.6) is 0 Å². The van der Waals surface area contributed by atoms with Gasteiger partial charge in [0.2, 0.25) is 5.91 Å². The van der Waals surface area contributed by atoms with Crippen molar-refractivity contribution < 1.29 is 24.5 Å². The molecule has 314 valence electrons. The third-order valence-corrected chi connectivity index (χ3v) is 10.8. The summed E-state index contributed by atoms with van der Waals surface area (Å²) in [5.41, 5.74) is 0. The second-order valence-corrected chi connectivity index (χ2v) is 16.2. The standard InChI is InChI=1S/C47H91NO5/c1-4-7-10-13-16-18-20-21-22-23-24-25-26-27-30-33-36-39-45(50)44(42-49)48-46(51)41-43(38-35-32-29-15-12-9-6-3)53-47(52)40-37-34-31-28-19-17-14-11-8-5-2/h11,14,43-45,49-50H,4-10,12-13,15-42H2,1-3H3,(H,48,51)/b14-11-. The van der Waals surface area contributed by atoms with Gasteiger partial charge in [-0.2, -0.15) is 0 Å². The molecule has 3 atom stereocenters. The number of ether oxygens (including phenoxy) is 1. The lowest BCUT2D eigenvalue weighted by molar-refractivity contribution is -0.151. The van der Waals surface area contributed by atoms with E-state index in [4.69, 9.17) is 4.74 Å². The van der Waals surface area contributed by atoms with E-state index >= 15 is 0 Å². The van der Waals surface area contributed by atoms with Gasteiger partial charge in [-0.05, 0) is 44.9 Å². The molecule has 0 radical (unpaired) electrons. The van der Waals surface area contributed by atoms with Crippen molar-refractivity contribution in [1.82, 2.24) is 5.32 Å². The van der Waals surface area contributed by atoms with Gasteiger partial charge in [-0.15, -0.1) is 0 Å². The van der Waals surface area contributed by atoms with Crippen LogP contribution in [0.25, 0.3) is 0 Å². The molecule has 0 saturated heterocycles. The van der Waals surface area contributed by atoms with Crippen LogP contribution < -0.4 is 5.32 Å². The molecule has 0 saturated carbocycles. The molecule has 0 aliphatic carbocycles. The molecule has 0 spiro atoms. The van der Waals surface area contributed by atoms with E-state index in [-0.39, 0.29) is 24.9 Å². The first kappa shape index (κ1) is 51.6. The molecule has 1 amide bonds. The smallest absolute Gasteiger partial charge is 0.306 e. The molecule has 0 aliphatic rings. The highest BCUT2D eigenvalue weighted by molar-refractivity contribution is 5.77. The van der Waals surface area contributed by atoms with Crippen molar-refractivity contribution >= 4 is 11.9 Å². The molecule has 0 aromatic carbocycles. The van der Waals surface area contributed by atoms with Crippen LogP contribution in [-0.2, 0) is 14.3 Å². The monoisotopic (exact) mass is 750 g/mol. The highest BCUT2D eigenvalue weighted by Gasteiger charge is 2.24. The van der Waals surface area contributed by atoms with Gasteiger partial charge in [-0.25, -0.2) is 0 Å². The molecule has 6 nitrogen and oxygen atoms in total. The van der Waals surface area contributed by atoms with E-state index in [1.807, 2.05) is 0 Å². The van der Waals surface area contributed by atoms with Crippen molar-refractivity contribution in [2.24, 2.45) is 0 Å². The van der Waals surface area contributed by atoms with Crippen LogP contribution in [0.1, 0.15) is 252 Å². The number of allylic oxidation sites excluding steroid dienone is 2. The SMILES string of the molecule is CCC/C=C\CCCCCCCC(=O)OC(CCCCCCCCC)CC(=O)NC(CO)C(O)CCCCCCCCCCCCCCCCCCC. The number of rotatable bonds is 42. The molecule has 3 N–H and O–H groups in total. The quantitative estimate of drug-likeness (QED) is 0.0328. The lowest BCUT2D eigenvalue weighted by atomic mass is 10.0. The van der Waals surface area contributed by atoms with Gasteiger partial charge < -0.3 is 20.3 Å². The van der Waals surface area contributed by atoms with Gasteiger partial charge in [-0.3, -0.25) is 9.59 Å². The zero-order valence-electron chi connectivity index (χ0n) is 35.7. The van der Waals surface area contributed by atoms with E-state index < -0.39 is 18.2 Å². The van der Waals surface area contributed by atoms with Crippen LogP contribution >= 0.6 is 0 Å². The van der Waals surface area contributed by atoms with Crippen molar-refractivity contribution in [1.29, 1.82) is 0 Å². The molecule has 0 rings (SSSR count). The number of esters is 1. The Hall–Kier alpha value is -1.40. The number of hydrogen-bond donors (Lipinski definition) is 3. The Bertz CT molecular complexity index is 802. The Morgan fingerprint density at radius 3 is 1.42 bits per heavy atom. The topological polar surface area (TPSA) is 95.9 Å². The average Bonchev–Trinajstić information content (AvgIpc) is 3.15. The van der Waals surface area contributed by atoms with E-state index in [9.17, 15) is 19.8 Å². The number of carbonyl (C=O) groups excluding carboxylic acids is 2. The molecule has 0 aromatic heterocycles. The summed E-state index contributed by atoms with van der Waals surface area (Å²) < 4.78 is 5.86. The average molecular weight is 750 g/mol. The second kappa shape index (κ2) is 41.8. The molecular weight excluding hydrogens is 659 g/mol. The minimum Gasteiger partial charge on any atom is -0.462 e. The molecule has 6 heteroatoms. The van der Waals surface area contributed by atoms with Gasteiger partial charge in [-0.1, -0.05) is 206 Å². The Labute approximate surface area is 329 Å². The Morgan fingerprint density at radius 1 is 0.528 bits per heavy atom. The van der Waals surface area contributed by atoms with Crippen molar-refractivity contribution in [3.05, 3.63) is 12.2 Å². The summed E-state index contributed by atoms with van der Waals surface area (Å²) in [7, 11) is 0. The molecule has 0 heterocycles. The lowest BCUT2D eigenvalue weighted by Crippen LogP contribution is -2.46. The summed E-state index contributed by atoms with van der Waals surface area (Å²) in [5.74, 6) is -0.481. The van der Waals surface area contributed by atoms with Crippen molar-refractivity contribution in [3.8, 4) is 0 Å². The molecular formula is C47H91NO5. The largest absolute Gasteiger partial charge is 0.462 e. The van der Waals surface area contributed by atoms with Gasteiger partial charge in [0.1, 0.15) is 6.10 Å². The minimum absolute atomic E-state index is 0.0788. The summed E-state index contributed by atoms with van der Waals surface area (Å²) in [6.45, 7) is 6.40. The normalized spacial score (nSPS) is 13.4. The van der Waals surface area contributed by atoms with E-state index in [2.05, 4.69) is 38.2 Å². The van der Waals surface area contributed by atoms with Crippen LogP contribution in [0.2, 0.25) is 0 Å². The summed E-state index contributed by atoms with van der Waals surface area (Å²) in [4.78, 5) is 25.8. The molecule has 3 unspecified atom stereocenters. The van der Waals surface area contributed by atoms with Crippen LogP contribution in [0.4, 0.5) is 0 Å². The van der Waals surface area contributed by atoms with Gasteiger partial charge in [0.15, 0.2) is 0 Å². The summed E-state index contributed by atoms with van der Waals surface area (Å²) >= 11 is 0. The van der Waals surface area contributed by atoms with E-state index in [0.717, 1.165) is 57.8 Å². The van der Waals surface area contributed by atoms with Gasteiger partial charge in [0.25, 0.3) is 0 Å². The summed E-state index contributed by atoms with van der Waals surface area (Å²) in [6, 6.07) is -0.694. The fourth-order valence-electron chi connectivity index (χ4n) is 7.26. The maximum Gasteiger partial charge on any atom is 0.306 e. The van der Waals surface area contributed by atoms with Gasteiger partial charge in [0, 0.05) is 6.42 Å². The first-order valence-corrected chi connectivity index (χ1v) is 23.4. The number of aliphatic hydroxyl groups is 2. The van der Waals surface area contributed by atoms with Gasteiger partial charge >= 0.3 is 5.97 Å². The highest BCUT2D eigenvalue weighted by Crippen LogP contribution is 2.18. The maximum absolute atomic E-state index is 13.1. The van der Waals surface area contributed by atoms with Crippen molar-refractivity contribution in [3.63, 3.8) is 0 Å². The number of carbonyl (C=O) groups is 2. The van der Waals surface area contributed by atoms with Crippen molar-refractivity contribution in [2.45, 2.75) is 270 Å². The Morgan fingerprint density at radius 2 is 0.943 bits per heavy atom. The van der Waals surface area contributed by atoms with E-state index in [0.29, 0.717) is 19.3 Å². The number of unbranched alkanes of at least 4 members (excludes halogenated alkanes) is 28. The number of hydrogen-bond acceptors (Lipinski definition) is 5. The first-order valence-electron chi connectivity index (χ1n) is 23.4. The zero-order valence-corrected chi connectivity index (χ0v) is 35.7. The summed E-state index contributed by atoms with van der Waals surface area (Å²) in [6.07, 6.45) is 44.3. The van der Waals surface area contributed by atoms with Gasteiger partial charge in [0.05, 0.1) is 25.2 Å². The zero-order chi connectivity index (χ0) is 38.9. The van der Waals surface area contributed by atoms with Crippen LogP contribution in [0, 0.1) is 0 Å². The lowest BCUT2D eigenvalue weighted by Gasteiger charge is -2.24. The third-order valence-electron chi connectivity index (χ3n) is 10.8. The number of aliphatic hydroxyl groups excluding tert-OH is 2. The Kier molecular flexibility index (Phi) is 40.7. The first-order chi connectivity index (χ1) is 26.0. The highest BCUT2D eigenvalue weighted by atomic mass is 16.5. The molecule has 53 heavy (non-hydrogen) atoms. The fourth-order valence-corrected chi connectivity index (χ4v) is 7.26. The van der Waals surface area contributed by atoms with E-state index in [1.165, 1.54) is 148 Å². The van der Waals surface area contributed by atoms with Crippen LogP contribution in [0.15, 0.2) is 12.2 Å². The fraction of sp³-hybridized carbons (Fsp3) is 0.915. The second-order valence-electron chi connectivity index (χ2n) is 16.2. The maximum atomic E-state index is 13.1. The molecule has 0 bridgehead atoms.